The molecule has 1 aromatic heterocycles. The van der Waals surface area contributed by atoms with Crippen molar-refractivity contribution >= 4 is 17.5 Å². The molecule has 0 radical (unpaired) electrons. The van der Waals surface area contributed by atoms with Crippen LogP contribution < -0.4 is 5.32 Å². The van der Waals surface area contributed by atoms with Crippen LogP contribution in [-0.4, -0.2) is 40.1 Å². The summed E-state index contributed by atoms with van der Waals surface area (Å²) in [6.07, 6.45) is 0. The number of carbonyl (C=O) groups excluding carboxylic acids is 2. The molecular formula is C22H24N4O2. The van der Waals surface area contributed by atoms with Gasteiger partial charge >= 0.3 is 0 Å². The predicted octanol–water partition coefficient (Wildman–Crippen LogP) is 3.51. The summed E-state index contributed by atoms with van der Waals surface area (Å²) in [5.41, 5.74) is 5.22. The van der Waals surface area contributed by atoms with Crippen LogP contribution in [0.3, 0.4) is 0 Å². The van der Waals surface area contributed by atoms with E-state index in [1.54, 1.807) is 19.2 Å². The second-order valence-electron chi connectivity index (χ2n) is 6.96. The SMILES string of the molecule is Cc1ccc(NC(=O)CN(C)C(=O)c2ccc(-n3nc(C)cc3C)cc2)cc1. The first-order chi connectivity index (χ1) is 13.3. The first-order valence-electron chi connectivity index (χ1n) is 9.09. The van der Waals surface area contributed by atoms with Gasteiger partial charge in [0.2, 0.25) is 5.91 Å². The number of likely N-dealkylation sites (N-methyl/N-ethyl adjacent to an activating group) is 1. The van der Waals surface area contributed by atoms with Gasteiger partial charge in [0.25, 0.3) is 5.91 Å². The summed E-state index contributed by atoms with van der Waals surface area (Å²) < 4.78 is 1.84. The van der Waals surface area contributed by atoms with Crippen LogP contribution in [0.2, 0.25) is 0 Å². The molecule has 6 nitrogen and oxygen atoms in total. The topological polar surface area (TPSA) is 67.2 Å². The normalized spacial score (nSPS) is 10.6. The number of anilines is 1. The molecule has 0 unspecified atom stereocenters. The number of hydrogen-bond acceptors (Lipinski definition) is 3. The summed E-state index contributed by atoms with van der Waals surface area (Å²) in [5, 5.41) is 7.24. The van der Waals surface area contributed by atoms with E-state index in [0.717, 1.165) is 22.6 Å². The van der Waals surface area contributed by atoms with Crippen LogP contribution in [0, 0.1) is 20.8 Å². The molecule has 0 aliphatic rings. The first-order valence-corrected chi connectivity index (χ1v) is 9.09. The Balaban J connectivity index is 1.63. The number of nitrogens with zero attached hydrogens (tertiary/aromatic N) is 3. The third kappa shape index (κ3) is 4.46. The molecule has 0 saturated heterocycles. The Morgan fingerprint density at radius 1 is 1.00 bits per heavy atom. The molecule has 0 bridgehead atoms. The molecular weight excluding hydrogens is 352 g/mol. The Morgan fingerprint density at radius 2 is 1.64 bits per heavy atom. The van der Waals surface area contributed by atoms with Crippen molar-refractivity contribution in [2.24, 2.45) is 0 Å². The van der Waals surface area contributed by atoms with Gasteiger partial charge in [-0.25, -0.2) is 4.68 Å². The molecule has 28 heavy (non-hydrogen) atoms. The molecule has 1 N–H and O–H groups in total. The Hall–Kier alpha value is -3.41. The van der Waals surface area contributed by atoms with Crippen LogP contribution in [0.1, 0.15) is 27.3 Å². The Bertz CT molecular complexity index is 988. The molecule has 0 aliphatic heterocycles. The molecule has 1 heterocycles. The zero-order valence-electron chi connectivity index (χ0n) is 16.6. The average molecular weight is 376 g/mol. The zero-order chi connectivity index (χ0) is 20.3. The fraction of sp³-hybridized carbons (Fsp3) is 0.227. The smallest absolute Gasteiger partial charge is 0.254 e. The largest absolute Gasteiger partial charge is 0.332 e. The summed E-state index contributed by atoms with van der Waals surface area (Å²) in [6, 6.07) is 16.7. The highest BCUT2D eigenvalue weighted by atomic mass is 16.2. The van der Waals surface area contributed by atoms with Crippen LogP contribution in [0.5, 0.6) is 0 Å². The molecule has 2 amide bonds. The Labute approximate surface area is 164 Å². The number of hydrogen-bond donors (Lipinski definition) is 1. The van der Waals surface area contributed by atoms with Gasteiger partial charge in [-0.2, -0.15) is 5.10 Å². The minimum Gasteiger partial charge on any atom is -0.332 e. The van der Waals surface area contributed by atoms with Gasteiger partial charge in [0.05, 0.1) is 17.9 Å². The lowest BCUT2D eigenvalue weighted by Gasteiger charge is -2.17. The summed E-state index contributed by atoms with van der Waals surface area (Å²) in [4.78, 5) is 26.2. The number of rotatable bonds is 5. The van der Waals surface area contributed by atoms with Crippen molar-refractivity contribution in [3.05, 3.63) is 77.1 Å². The lowest BCUT2D eigenvalue weighted by Crippen LogP contribution is -2.34. The van der Waals surface area contributed by atoms with Crippen LogP contribution in [0.4, 0.5) is 5.69 Å². The van der Waals surface area contributed by atoms with Gasteiger partial charge in [-0.3, -0.25) is 9.59 Å². The molecule has 0 fully saturated rings. The van der Waals surface area contributed by atoms with Crippen molar-refractivity contribution in [1.82, 2.24) is 14.7 Å². The number of amides is 2. The van der Waals surface area contributed by atoms with Gasteiger partial charge < -0.3 is 10.2 Å². The maximum absolute atomic E-state index is 12.6. The minimum atomic E-state index is -0.237. The second-order valence-corrected chi connectivity index (χ2v) is 6.96. The van der Waals surface area contributed by atoms with Crippen LogP contribution in [0.15, 0.2) is 54.6 Å². The van der Waals surface area contributed by atoms with E-state index in [4.69, 9.17) is 0 Å². The van der Waals surface area contributed by atoms with E-state index in [9.17, 15) is 9.59 Å². The summed E-state index contributed by atoms with van der Waals surface area (Å²) >= 11 is 0. The highest BCUT2D eigenvalue weighted by Crippen LogP contribution is 2.14. The highest BCUT2D eigenvalue weighted by molar-refractivity contribution is 5.99. The number of carbonyl (C=O) groups is 2. The van der Waals surface area contributed by atoms with Crippen molar-refractivity contribution in [1.29, 1.82) is 0 Å². The van der Waals surface area contributed by atoms with Crippen LogP contribution in [-0.2, 0) is 4.79 Å². The van der Waals surface area contributed by atoms with E-state index in [1.807, 2.05) is 67.9 Å². The maximum atomic E-state index is 12.6. The Kier molecular flexibility index (Phi) is 5.59. The van der Waals surface area contributed by atoms with E-state index in [0.29, 0.717) is 11.3 Å². The molecule has 0 aliphatic carbocycles. The first kappa shape index (κ1) is 19.4. The number of nitrogens with one attached hydrogen (secondary N) is 1. The Morgan fingerprint density at radius 3 is 2.21 bits per heavy atom. The minimum absolute atomic E-state index is 0.0219. The average Bonchev–Trinajstić information content (AvgIpc) is 3.01. The molecule has 3 aromatic rings. The van der Waals surface area contributed by atoms with Gasteiger partial charge in [0.1, 0.15) is 0 Å². The van der Waals surface area contributed by atoms with Gasteiger partial charge in [-0.1, -0.05) is 17.7 Å². The van der Waals surface area contributed by atoms with Gasteiger partial charge in [-0.15, -0.1) is 0 Å². The van der Waals surface area contributed by atoms with E-state index in [2.05, 4.69) is 10.4 Å². The molecule has 6 heteroatoms. The fourth-order valence-corrected chi connectivity index (χ4v) is 2.98. The van der Waals surface area contributed by atoms with E-state index < -0.39 is 0 Å². The quantitative estimate of drug-likeness (QED) is 0.741. The molecule has 144 valence electrons. The highest BCUT2D eigenvalue weighted by Gasteiger charge is 2.15. The van der Waals surface area contributed by atoms with Crippen molar-refractivity contribution in [3.8, 4) is 5.69 Å². The standard InChI is InChI=1S/C22H24N4O2/c1-15-5-9-19(10-6-15)23-21(27)14-25(4)22(28)18-7-11-20(12-8-18)26-17(3)13-16(2)24-26/h5-13H,14H2,1-4H3,(H,23,27). The van der Waals surface area contributed by atoms with Crippen LogP contribution in [0.25, 0.3) is 5.69 Å². The van der Waals surface area contributed by atoms with Gasteiger partial charge in [0.15, 0.2) is 0 Å². The second kappa shape index (κ2) is 8.08. The fourth-order valence-electron chi connectivity index (χ4n) is 2.98. The van der Waals surface area contributed by atoms with Gasteiger partial charge in [-0.05, 0) is 63.2 Å². The monoisotopic (exact) mass is 376 g/mol. The summed E-state index contributed by atoms with van der Waals surface area (Å²) in [6.45, 7) is 5.89. The van der Waals surface area contributed by atoms with Crippen molar-refractivity contribution in [3.63, 3.8) is 0 Å². The third-order valence-electron chi connectivity index (χ3n) is 4.43. The lowest BCUT2D eigenvalue weighted by atomic mass is 10.2. The maximum Gasteiger partial charge on any atom is 0.254 e. The van der Waals surface area contributed by atoms with Gasteiger partial charge in [0, 0.05) is 24.0 Å². The number of benzene rings is 2. The van der Waals surface area contributed by atoms with Crippen LogP contribution >= 0.6 is 0 Å². The number of aromatic nitrogens is 2. The molecule has 2 aromatic carbocycles. The zero-order valence-corrected chi connectivity index (χ0v) is 16.6. The molecule has 0 atom stereocenters. The molecule has 0 saturated carbocycles. The summed E-state index contributed by atoms with van der Waals surface area (Å²) in [7, 11) is 1.62. The molecule has 0 spiro atoms. The van der Waals surface area contributed by atoms with Crippen molar-refractivity contribution in [2.75, 3.05) is 18.9 Å². The van der Waals surface area contributed by atoms with Crippen molar-refractivity contribution < 1.29 is 9.59 Å². The van der Waals surface area contributed by atoms with Crippen molar-refractivity contribution in [2.45, 2.75) is 20.8 Å². The van der Waals surface area contributed by atoms with E-state index in [-0.39, 0.29) is 18.4 Å². The lowest BCUT2D eigenvalue weighted by molar-refractivity contribution is -0.116. The summed E-state index contributed by atoms with van der Waals surface area (Å²) in [5.74, 6) is -0.446. The predicted molar refractivity (Wildman–Crippen MR) is 110 cm³/mol. The molecule has 3 rings (SSSR count). The van der Waals surface area contributed by atoms with E-state index in [1.165, 1.54) is 4.90 Å². The number of aryl methyl sites for hydroxylation is 3. The third-order valence-corrected chi connectivity index (χ3v) is 4.43. The van der Waals surface area contributed by atoms with E-state index >= 15 is 0 Å².